The Morgan fingerprint density at radius 1 is 1.45 bits per heavy atom. The zero-order chi connectivity index (χ0) is 14.1. The summed E-state index contributed by atoms with van der Waals surface area (Å²) in [5.41, 5.74) is 1.19. The van der Waals surface area contributed by atoms with E-state index in [9.17, 15) is 0 Å². The fourth-order valence-corrected chi connectivity index (χ4v) is 4.88. The molecule has 1 aromatic rings. The molecule has 6 heteroatoms. The van der Waals surface area contributed by atoms with Crippen LogP contribution >= 0.6 is 23.4 Å². The number of rotatable bonds is 4. The molecule has 0 aromatic carbocycles. The van der Waals surface area contributed by atoms with E-state index in [-0.39, 0.29) is 0 Å². The number of hydrogen-bond acceptors (Lipinski definition) is 5. The lowest BCUT2D eigenvalue weighted by Gasteiger charge is -2.31. The quantitative estimate of drug-likeness (QED) is 0.683. The summed E-state index contributed by atoms with van der Waals surface area (Å²) in [7, 11) is 2.19. The van der Waals surface area contributed by atoms with Crippen molar-refractivity contribution in [2.24, 2.45) is 0 Å². The molecule has 0 saturated carbocycles. The monoisotopic (exact) mass is 312 g/mol. The molecule has 2 aliphatic rings. The lowest BCUT2D eigenvalue weighted by Crippen LogP contribution is -2.36. The topological polar surface area (TPSA) is 41.1 Å². The van der Waals surface area contributed by atoms with Gasteiger partial charge < -0.3 is 10.2 Å². The lowest BCUT2D eigenvalue weighted by atomic mass is 9.91. The van der Waals surface area contributed by atoms with E-state index in [4.69, 9.17) is 11.6 Å². The van der Waals surface area contributed by atoms with Crippen molar-refractivity contribution in [2.45, 2.75) is 42.4 Å². The largest absolute Gasteiger partial charge is 0.354 e. The van der Waals surface area contributed by atoms with Crippen LogP contribution in [0.4, 0.5) is 5.95 Å². The van der Waals surface area contributed by atoms with E-state index in [1.54, 1.807) is 0 Å². The van der Waals surface area contributed by atoms with Gasteiger partial charge in [-0.25, -0.2) is 9.97 Å². The van der Waals surface area contributed by atoms with Crippen LogP contribution in [0.15, 0.2) is 5.03 Å². The van der Waals surface area contributed by atoms with Crippen LogP contribution in [0.3, 0.4) is 0 Å². The number of likely N-dealkylation sites (tertiary alicyclic amines) is 1. The van der Waals surface area contributed by atoms with Gasteiger partial charge in [-0.2, -0.15) is 0 Å². The Morgan fingerprint density at radius 2 is 2.30 bits per heavy atom. The Bertz CT molecular complexity index is 496. The predicted molar refractivity (Wildman–Crippen MR) is 84.9 cm³/mol. The second-order valence-corrected chi connectivity index (χ2v) is 7.24. The Labute approximate surface area is 129 Å². The highest BCUT2D eigenvalue weighted by Crippen LogP contribution is 2.50. The van der Waals surface area contributed by atoms with Crippen LogP contribution in [0.1, 0.15) is 37.7 Å². The van der Waals surface area contributed by atoms with E-state index >= 15 is 0 Å². The first-order valence-corrected chi connectivity index (χ1v) is 8.61. The molecule has 3 heterocycles. The predicted octanol–water partition coefficient (Wildman–Crippen LogP) is 3.24. The Hall–Kier alpha value is -0.520. The van der Waals surface area contributed by atoms with Gasteiger partial charge in [0.1, 0.15) is 10.2 Å². The van der Waals surface area contributed by atoms with Crippen LogP contribution in [0.2, 0.25) is 5.15 Å². The first-order valence-electron chi connectivity index (χ1n) is 7.35. The van der Waals surface area contributed by atoms with Gasteiger partial charge in [0.2, 0.25) is 5.95 Å². The number of halogens is 1. The zero-order valence-electron chi connectivity index (χ0n) is 12.0. The van der Waals surface area contributed by atoms with E-state index in [0.717, 1.165) is 43.9 Å². The van der Waals surface area contributed by atoms with Crippen LogP contribution < -0.4 is 5.32 Å². The van der Waals surface area contributed by atoms with Gasteiger partial charge >= 0.3 is 0 Å². The molecule has 0 amide bonds. The van der Waals surface area contributed by atoms with Gasteiger partial charge in [-0.05, 0) is 26.4 Å². The standard InChI is InChI=1S/C14H21ClN4S/c1-3-4-6-16-14-17-12(15)11-9-5-7-19(2)8-10(9)20-13(11)18-14/h9-10H,3-8H2,1-2H3,(H,16,17,18). The number of nitrogens with zero attached hydrogens (tertiary/aromatic N) is 3. The Balaban J connectivity index is 1.80. The number of hydrogen-bond donors (Lipinski definition) is 1. The van der Waals surface area contributed by atoms with Crippen molar-refractivity contribution in [1.82, 2.24) is 14.9 Å². The summed E-state index contributed by atoms with van der Waals surface area (Å²) in [5, 5.41) is 5.60. The molecule has 2 aliphatic heterocycles. The molecule has 2 unspecified atom stereocenters. The Morgan fingerprint density at radius 3 is 3.10 bits per heavy atom. The van der Waals surface area contributed by atoms with Gasteiger partial charge in [-0.3, -0.25) is 0 Å². The van der Waals surface area contributed by atoms with Crippen LogP contribution in [0, 0.1) is 0 Å². The van der Waals surface area contributed by atoms with Gasteiger partial charge in [0.05, 0.1) is 0 Å². The van der Waals surface area contributed by atoms with Gasteiger partial charge in [-0.15, -0.1) is 11.8 Å². The summed E-state index contributed by atoms with van der Waals surface area (Å²) in [5.74, 6) is 1.21. The minimum atomic E-state index is 0.531. The maximum atomic E-state index is 6.43. The molecular weight excluding hydrogens is 292 g/mol. The van der Waals surface area contributed by atoms with E-state index in [0.29, 0.717) is 22.3 Å². The first-order chi connectivity index (χ1) is 9.69. The molecule has 4 nitrogen and oxygen atoms in total. The van der Waals surface area contributed by atoms with Crippen LogP contribution in [0.5, 0.6) is 0 Å². The molecule has 0 radical (unpaired) electrons. The van der Waals surface area contributed by atoms with Gasteiger partial charge in [-0.1, -0.05) is 24.9 Å². The van der Waals surface area contributed by atoms with Crippen LogP contribution in [0.25, 0.3) is 0 Å². The van der Waals surface area contributed by atoms with Gasteiger partial charge in [0.25, 0.3) is 0 Å². The van der Waals surface area contributed by atoms with Crippen molar-refractivity contribution in [1.29, 1.82) is 0 Å². The Kier molecular flexibility index (Phi) is 4.38. The number of fused-ring (bicyclic) bond motifs is 3. The molecule has 20 heavy (non-hydrogen) atoms. The highest BCUT2D eigenvalue weighted by atomic mass is 35.5. The van der Waals surface area contributed by atoms with Gasteiger partial charge in [0.15, 0.2) is 0 Å². The number of thioether (sulfide) groups is 1. The number of aromatic nitrogens is 2. The summed E-state index contributed by atoms with van der Waals surface area (Å²) >= 11 is 8.30. The fraction of sp³-hybridized carbons (Fsp3) is 0.714. The first kappa shape index (κ1) is 14.4. The van der Waals surface area contributed by atoms with Crippen molar-refractivity contribution in [2.75, 3.05) is 32.0 Å². The van der Waals surface area contributed by atoms with Crippen LogP contribution in [-0.4, -0.2) is 46.8 Å². The molecule has 0 aliphatic carbocycles. The second kappa shape index (κ2) is 6.08. The second-order valence-electron chi connectivity index (χ2n) is 5.65. The summed E-state index contributed by atoms with van der Waals surface area (Å²) in [6.07, 6.45) is 3.45. The lowest BCUT2D eigenvalue weighted by molar-refractivity contribution is 0.264. The number of unbranched alkanes of at least 4 members (excludes halogenated alkanes) is 1. The summed E-state index contributed by atoms with van der Waals surface area (Å²) in [6.45, 7) is 5.33. The molecule has 2 atom stereocenters. The summed E-state index contributed by atoms with van der Waals surface area (Å²) in [4.78, 5) is 11.5. The molecule has 1 saturated heterocycles. The number of piperidine rings is 1. The summed E-state index contributed by atoms with van der Waals surface area (Å²) < 4.78 is 0. The maximum absolute atomic E-state index is 6.43. The van der Waals surface area contributed by atoms with E-state index in [1.807, 2.05) is 11.8 Å². The maximum Gasteiger partial charge on any atom is 0.225 e. The van der Waals surface area contributed by atoms with Crippen molar-refractivity contribution in [3.05, 3.63) is 10.7 Å². The van der Waals surface area contributed by atoms with Gasteiger partial charge in [0, 0.05) is 29.8 Å². The molecule has 3 rings (SSSR count). The average Bonchev–Trinajstić information content (AvgIpc) is 2.76. The van der Waals surface area contributed by atoms with E-state index in [1.165, 1.54) is 5.56 Å². The third kappa shape index (κ3) is 2.76. The smallest absolute Gasteiger partial charge is 0.225 e. The third-order valence-electron chi connectivity index (χ3n) is 4.07. The highest BCUT2D eigenvalue weighted by molar-refractivity contribution is 8.00. The van der Waals surface area contributed by atoms with Crippen LogP contribution in [-0.2, 0) is 0 Å². The van der Waals surface area contributed by atoms with E-state index in [2.05, 4.69) is 34.2 Å². The third-order valence-corrected chi connectivity index (χ3v) is 5.68. The van der Waals surface area contributed by atoms with Crippen molar-refractivity contribution in [3.8, 4) is 0 Å². The summed E-state index contributed by atoms with van der Waals surface area (Å²) in [6, 6.07) is 0. The zero-order valence-corrected chi connectivity index (χ0v) is 13.6. The molecule has 0 bridgehead atoms. The molecule has 0 spiro atoms. The van der Waals surface area contributed by atoms with Crippen molar-refractivity contribution in [3.63, 3.8) is 0 Å². The molecule has 1 aromatic heterocycles. The molecule has 1 fully saturated rings. The van der Waals surface area contributed by atoms with Crippen molar-refractivity contribution < 1.29 is 0 Å². The molecular formula is C14H21ClN4S. The minimum absolute atomic E-state index is 0.531. The SMILES string of the molecule is CCCCNc1nc(Cl)c2c(n1)SC1CN(C)CCC21. The number of nitrogens with one attached hydrogen (secondary N) is 1. The molecule has 1 N–H and O–H groups in total. The highest BCUT2D eigenvalue weighted by Gasteiger charge is 2.40. The fourth-order valence-electron chi connectivity index (χ4n) is 2.94. The van der Waals surface area contributed by atoms with Crippen molar-refractivity contribution >= 4 is 29.3 Å². The normalized spacial score (nSPS) is 25.4. The molecule has 110 valence electrons. The minimum Gasteiger partial charge on any atom is -0.354 e. The van der Waals surface area contributed by atoms with E-state index < -0.39 is 0 Å². The average molecular weight is 313 g/mol. The number of anilines is 1.